The van der Waals surface area contributed by atoms with Gasteiger partial charge in [0.25, 0.3) is 0 Å². The number of rotatable bonds is 9. The maximum Gasteiger partial charge on any atom is 0.215 e. The Morgan fingerprint density at radius 2 is 1.15 bits per heavy atom. The molecule has 0 saturated carbocycles. The number of hydrogen-bond donors (Lipinski definition) is 0. The summed E-state index contributed by atoms with van der Waals surface area (Å²) in [5.74, 6) is -0.761. The molecule has 0 bridgehead atoms. The second kappa shape index (κ2) is 9.58. The van der Waals surface area contributed by atoms with Gasteiger partial charge in [-0.1, -0.05) is 42.5 Å². The Kier molecular flexibility index (Phi) is 6.04. The van der Waals surface area contributed by atoms with Crippen LogP contribution in [0.5, 0.6) is 0 Å². The Morgan fingerprint density at radius 3 is 1.61 bits per heavy atom. The predicted molar refractivity (Wildman–Crippen MR) is 126 cm³/mol. The van der Waals surface area contributed by atoms with Gasteiger partial charge in [-0.15, -0.1) is 0 Å². The normalized spacial score (nSPS) is 11.7. The highest BCUT2D eigenvalue weighted by Crippen LogP contribution is 2.31. The molecule has 0 fully saturated rings. The highest BCUT2D eigenvalue weighted by atomic mass is 15.6. The van der Waals surface area contributed by atoms with Gasteiger partial charge in [-0.3, -0.25) is 9.97 Å². The van der Waals surface area contributed by atoms with Crippen molar-refractivity contribution >= 4 is 0 Å². The summed E-state index contributed by atoms with van der Waals surface area (Å²) in [5, 5.41) is 9.44. The summed E-state index contributed by atoms with van der Waals surface area (Å²) in [6.45, 7) is 1.17. The highest BCUT2D eigenvalue weighted by molar-refractivity contribution is 5.18. The molecule has 0 unspecified atom stereocenters. The third-order valence-corrected chi connectivity index (χ3v) is 5.69. The zero-order valence-electron chi connectivity index (χ0n) is 18.2. The molecular formula is C26H25N7. The summed E-state index contributed by atoms with van der Waals surface area (Å²) in [6, 6.07) is 26.3. The molecule has 33 heavy (non-hydrogen) atoms. The molecule has 1 aromatic carbocycles. The van der Waals surface area contributed by atoms with Crippen LogP contribution in [0.4, 0.5) is 0 Å². The maximum atomic E-state index is 4.72. The van der Waals surface area contributed by atoms with E-state index in [9.17, 15) is 0 Å². The fourth-order valence-corrected chi connectivity index (χ4v) is 4.18. The van der Waals surface area contributed by atoms with Crippen LogP contribution in [-0.4, -0.2) is 34.4 Å². The lowest BCUT2D eigenvalue weighted by Gasteiger charge is -2.44. The molecule has 0 radical (unpaired) electrons. The lowest BCUT2D eigenvalue weighted by Crippen LogP contribution is -2.57. The van der Waals surface area contributed by atoms with E-state index in [1.165, 1.54) is 5.56 Å². The largest absolute Gasteiger partial charge is 0.260 e. The second-order valence-corrected chi connectivity index (χ2v) is 7.84. The van der Waals surface area contributed by atoms with Crippen molar-refractivity contribution in [3.05, 3.63) is 133 Å². The number of pyridine rings is 2. The quantitative estimate of drug-likeness (QED) is 0.351. The van der Waals surface area contributed by atoms with Crippen molar-refractivity contribution in [2.45, 2.75) is 25.3 Å². The minimum absolute atomic E-state index is 0.587. The van der Waals surface area contributed by atoms with E-state index in [0.29, 0.717) is 19.5 Å². The van der Waals surface area contributed by atoms with Gasteiger partial charge in [-0.05, 0) is 42.0 Å². The van der Waals surface area contributed by atoms with Gasteiger partial charge < -0.3 is 0 Å². The highest BCUT2D eigenvalue weighted by Gasteiger charge is 2.42. The van der Waals surface area contributed by atoms with E-state index in [1.807, 2.05) is 101 Å². The lowest BCUT2D eigenvalue weighted by atomic mass is 10.0. The SMILES string of the molecule is c1ccc(CC(N(Cc2ccccn2)Cc2ccccn2)(n2cccn2)n2cccn2)cc1. The van der Waals surface area contributed by atoms with Crippen LogP contribution in [0.25, 0.3) is 0 Å². The predicted octanol–water partition coefficient (Wildman–Crippen LogP) is 3.97. The van der Waals surface area contributed by atoms with Crippen LogP contribution in [0.1, 0.15) is 17.0 Å². The lowest BCUT2D eigenvalue weighted by molar-refractivity contribution is -0.0486. The molecule has 0 aliphatic carbocycles. The first kappa shape index (κ1) is 20.8. The molecule has 0 spiro atoms. The monoisotopic (exact) mass is 435 g/mol. The maximum absolute atomic E-state index is 4.72. The minimum Gasteiger partial charge on any atom is -0.260 e. The molecule has 0 amide bonds. The van der Waals surface area contributed by atoms with E-state index >= 15 is 0 Å². The summed E-state index contributed by atoms with van der Waals surface area (Å²) in [7, 11) is 0. The molecular weight excluding hydrogens is 410 g/mol. The molecule has 0 aliphatic heterocycles. The van der Waals surface area contributed by atoms with Gasteiger partial charge in [0.05, 0.1) is 11.4 Å². The first-order valence-corrected chi connectivity index (χ1v) is 10.9. The molecule has 5 aromatic rings. The van der Waals surface area contributed by atoms with Crippen molar-refractivity contribution in [1.82, 2.24) is 34.4 Å². The number of benzene rings is 1. The van der Waals surface area contributed by atoms with Crippen molar-refractivity contribution in [2.75, 3.05) is 0 Å². The van der Waals surface area contributed by atoms with Crippen LogP contribution in [0.15, 0.2) is 116 Å². The molecule has 7 nitrogen and oxygen atoms in total. The molecule has 0 atom stereocenters. The van der Waals surface area contributed by atoms with E-state index in [0.717, 1.165) is 11.4 Å². The second-order valence-electron chi connectivity index (χ2n) is 7.84. The zero-order chi connectivity index (χ0) is 22.3. The average molecular weight is 436 g/mol. The van der Waals surface area contributed by atoms with E-state index in [4.69, 9.17) is 10.2 Å². The molecule has 0 saturated heterocycles. The zero-order valence-corrected chi connectivity index (χ0v) is 18.2. The van der Waals surface area contributed by atoms with Crippen molar-refractivity contribution in [2.24, 2.45) is 0 Å². The summed E-state index contributed by atoms with van der Waals surface area (Å²) in [5.41, 5.74) is 3.10. The first-order valence-electron chi connectivity index (χ1n) is 10.9. The van der Waals surface area contributed by atoms with Crippen LogP contribution in [0.2, 0.25) is 0 Å². The van der Waals surface area contributed by atoms with Gasteiger partial charge in [-0.25, -0.2) is 14.3 Å². The van der Waals surface area contributed by atoms with Crippen LogP contribution in [0, 0.1) is 0 Å². The van der Waals surface area contributed by atoms with Crippen LogP contribution < -0.4 is 0 Å². The van der Waals surface area contributed by atoms with Crippen molar-refractivity contribution in [3.63, 3.8) is 0 Å². The van der Waals surface area contributed by atoms with E-state index in [2.05, 4.69) is 39.1 Å². The fraction of sp³-hybridized carbons (Fsp3) is 0.154. The Labute approximate surface area is 193 Å². The fourth-order valence-electron chi connectivity index (χ4n) is 4.18. The Bertz CT molecular complexity index is 1150. The van der Waals surface area contributed by atoms with Gasteiger partial charge in [-0.2, -0.15) is 10.2 Å². The Hall–Kier alpha value is -4.10. The minimum atomic E-state index is -0.761. The van der Waals surface area contributed by atoms with Crippen LogP contribution in [0.3, 0.4) is 0 Å². The summed E-state index contributed by atoms with van der Waals surface area (Å²) < 4.78 is 3.97. The molecule has 4 heterocycles. The Balaban J connectivity index is 1.69. The number of nitrogens with zero attached hydrogens (tertiary/aromatic N) is 7. The van der Waals surface area contributed by atoms with Gasteiger partial charge in [0.15, 0.2) is 0 Å². The standard InChI is InChI=1S/C26H25N7/c1-2-10-23(11-3-1)20-26(32-18-8-16-29-32,33-19-9-17-30-33)31(21-24-12-4-6-14-27-24)22-25-13-5-7-15-28-25/h1-19H,20-22H2. The Morgan fingerprint density at radius 1 is 0.606 bits per heavy atom. The van der Waals surface area contributed by atoms with E-state index in [-0.39, 0.29) is 0 Å². The van der Waals surface area contributed by atoms with Gasteiger partial charge in [0.2, 0.25) is 5.79 Å². The molecule has 0 N–H and O–H groups in total. The van der Waals surface area contributed by atoms with Crippen LogP contribution in [-0.2, 0) is 25.3 Å². The summed E-state index contributed by atoms with van der Waals surface area (Å²) in [4.78, 5) is 11.6. The third kappa shape index (κ3) is 4.44. The van der Waals surface area contributed by atoms with Crippen LogP contribution >= 0.6 is 0 Å². The van der Waals surface area contributed by atoms with Crippen molar-refractivity contribution in [3.8, 4) is 0 Å². The molecule has 5 rings (SSSR count). The van der Waals surface area contributed by atoms with Crippen molar-refractivity contribution < 1.29 is 0 Å². The smallest absolute Gasteiger partial charge is 0.215 e. The molecule has 7 heteroatoms. The summed E-state index contributed by atoms with van der Waals surface area (Å²) >= 11 is 0. The van der Waals surface area contributed by atoms with Gasteiger partial charge in [0.1, 0.15) is 0 Å². The number of aromatic nitrogens is 6. The first-order chi connectivity index (χ1) is 16.3. The van der Waals surface area contributed by atoms with E-state index in [1.54, 1.807) is 0 Å². The van der Waals surface area contributed by atoms with Crippen molar-refractivity contribution in [1.29, 1.82) is 0 Å². The van der Waals surface area contributed by atoms with E-state index < -0.39 is 5.79 Å². The van der Waals surface area contributed by atoms with Gasteiger partial charge in [0, 0.05) is 56.7 Å². The molecule has 164 valence electrons. The summed E-state index contributed by atoms with van der Waals surface area (Å²) in [6.07, 6.45) is 11.9. The van der Waals surface area contributed by atoms with Gasteiger partial charge >= 0.3 is 0 Å². The topological polar surface area (TPSA) is 64.7 Å². The average Bonchev–Trinajstić information content (AvgIpc) is 3.60. The molecule has 0 aliphatic rings. The third-order valence-electron chi connectivity index (χ3n) is 5.69. The molecule has 4 aromatic heterocycles. The number of hydrogen-bond acceptors (Lipinski definition) is 5.